The third-order valence-electron chi connectivity index (χ3n) is 5.99. The lowest BCUT2D eigenvalue weighted by atomic mass is 9.90. The number of ether oxygens (including phenoxy) is 3. The molecule has 1 saturated carbocycles. The van der Waals surface area contributed by atoms with Crippen LogP contribution in [-0.4, -0.2) is 53.1 Å². The van der Waals surface area contributed by atoms with Gasteiger partial charge in [-0.2, -0.15) is 0 Å². The fourth-order valence-electron chi connectivity index (χ4n) is 4.13. The molecule has 12 heteroatoms. The van der Waals surface area contributed by atoms with Gasteiger partial charge in [-0.05, 0) is 71.6 Å². The van der Waals surface area contributed by atoms with Crippen molar-refractivity contribution in [2.45, 2.75) is 71.6 Å². The maximum atomic E-state index is 15.3. The number of alkyl halides is 1. The zero-order valence-corrected chi connectivity index (χ0v) is 24.3. The molecule has 0 radical (unpaired) electrons. The number of halogens is 3. The Morgan fingerprint density at radius 3 is 2.33 bits per heavy atom. The van der Waals surface area contributed by atoms with Gasteiger partial charge in [0.05, 0.1) is 19.8 Å². The van der Waals surface area contributed by atoms with Gasteiger partial charge in [-0.15, -0.1) is 0 Å². The maximum Gasteiger partial charge on any atom is 0.408 e. The Labute approximate surface area is 234 Å². The molecule has 39 heavy (non-hydrogen) atoms. The Balaban J connectivity index is 2.25. The molecular formula is C27H34BrF2N3O6. The second-order valence-corrected chi connectivity index (χ2v) is 11.3. The minimum absolute atomic E-state index is 0.00505. The molecule has 1 heterocycles. The fourth-order valence-corrected chi connectivity index (χ4v) is 4.49. The molecule has 0 saturated heterocycles. The van der Waals surface area contributed by atoms with Gasteiger partial charge < -0.3 is 24.1 Å². The lowest BCUT2D eigenvalue weighted by Gasteiger charge is -2.35. The number of amides is 1. The summed E-state index contributed by atoms with van der Waals surface area (Å²) in [4.78, 5) is 43.4. The van der Waals surface area contributed by atoms with Gasteiger partial charge in [-0.1, -0.05) is 15.9 Å². The number of benzene rings is 1. The monoisotopic (exact) mass is 613 g/mol. The van der Waals surface area contributed by atoms with Gasteiger partial charge in [0.2, 0.25) is 0 Å². The molecule has 1 amide bonds. The number of rotatable bonds is 11. The number of esters is 2. The molecule has 3 rings (SSSR count). The van der Waals surface area contributed by atoms with E-state index in [1.165, 1.54) is 16.7 Å². The average Bonchev–Trinajstić information content (AvgIpc) is 3.59. The fraction of sp³-hybridized carbons (Fsp3) is 0.556. The summed E-state index contributed by atoms with van der Waals surface area (Å²) < 4.78 is 48.1. The Hall–Kier alpha value is -3.02. The minimum atomic E-state index is -2.05. The zero-order valence-electron chi connectivity index (χ0n) is 22.7. The van der Waals surface area contributed by atoms with Crippen LogP contribution >= 0.6 is 15.9 Å². The topological polar surface area (TPSA) is 109 Å². The van der Waals surface area contributed by atoms with E-state index in [0.29, 0.717) is 16.7 Å². The molecule has 1 fully saturated rings. The van der Waals surface area contributed by atoms with Crippen LogP contribution in [0.15, 0.2) is 22.7 Å². The molecule has 214 valence electrons. The molecule has 1 aromatic carbocycles. The lowest BCUT2D eigenvalue weighted by Crippen LogP contribution is -2.53. The highest BCUT2D eigenvalue weighted by Crippen LogP contribution is 2.36. The summed E-state index contributed by atoms with van der Waals surface area (Å²) in [5, 5.41) is 2.51. The number of nitrogens with zero attached hydrogens (tertiary/aromatic N) is 2. The van der Waals surface area contributed by atoms with Gasteiger partial charge in [-0.3, -0.25) is 0 Å². The summed E-state index contributed by atoms with van der Waals surface area (Å²) in [6, 6.07) is 3.92. The van der Waals surface area contributed by atoms with Crippen LogP contribution in [0.25, 0.3) is 0 Å². The van der Waals surface area contributed by atoms with Crippen molar-refractivity contribution in [1.82, 2.24) is 14.9 Å². The standard InChI is InChI=1S/C27H34BrF2N3O6/c1-6-37-23(34)21-22(24(35)38-7-2)33(20(31-21)12-16-8-9-16)15-27(14-29,32-25(36)39-26(3,4)5)18-13-17(28)10-11-19(18)30/h10-11,13,16H,6-9,12,14-15H2,1-5H3,(H,32,36)/t27-/m0/s1. The molecule has 1 N–H and O–H groups in total. The third kappa shape index (κ3) is 7.55. The summed E-state index contributed by atoms with van der Waals surface area (Å²) in [7, 11) is 0. The van der Waals surface area contributed by atoms with Gasteiger partial charge in [0.25, 0.3) is 0 Å². The normalized spacial score (nSPS) is 14.9. The molecule has 2 aromatic rings. The summed E-state index contributed by atoms with van der Waals surface area (Å²) in [5.41, 5.74) is -3.72. The Morgan fingerprint density at radius 2 is 1.77 bits per heavy atom. The molecule has 0 unspecified atom stereocenters. The average molecular weight is 614 g/mol. The van der Waals surface area contributed by atoms with Crippen molar-refractivity contribution in [3.8, 4) is 0 Å². The predicted octanol–water partition coefficient (Wildman–Crippen LogP) is 5.48. The van der Waals surface area contributed by atoms with Crippen LogP contribution < -0.4 is 5.32 Å². The van der Waals surface area contributed by atoms with Crippen molar-refractivity contribution >= 4 is 34.0 Å². The molecule has 0 bridgehead atoms. The number of hydrogen-bond acceptors (Lipinski definition) is 7. The smallest absolute Gasteiger partial charge is 0.408 e. The number of imidazole rings is 1. The minimum Gasteiger partial charge on any atom is -0.461 e. The second kappa shape index (κ2) is 12.4. The van der Waals surface area contributed by atoms with E-state index in [0.717, 1.165) is 18.9 Å². The number of hydrogen-bond donors (Lipinski definition) is 1. The summed E-state index contributed by atoms with van der Waals surface area (Å²) in [5.74, 6) is -1.98. The molecule has 1 aliphatic rings. The second-order valence-electron chi connectivity index (χ2n) is 10.4. The van der Waals surface area contributed by atoms with Crippen LogP contribution in [0.5, 0.6) is 0 Å². The van der Waals surface area contributed by atoms with E-state index in [2.05, 4.69) is 26.2 Å². The lowest BCUT2D eigenvalue weighted by molar-refractivity contribution is 0.0401. The highest BCUT2D eigenvalue weighted by atomic mass is 79.9. The van der Waals surface area contributed by atoms with Crippen LogP contribution in [0.1, 0.15) is 79.8 Å². The van der Waals surface area contributed by atoms with Crippen LogP contribution in [0.3, 0.4) is 0 Å². The Morgan fingerprint density at radius 1 is 1.13 bits per heavy atom. The SMILES string of the molecule is CCOC(=O)c1nc(CC2CC2)n(C[C@](CF)(NC(=O)OC(C)(C)C)c2cc(Br)ccc2F)c1C(=O)OCC. The van der Waals surface area contributed by atoms with Crippen molar-refractivity contribution in [2.75, 3.05) is 19.9 Å². The first-order valence-electron chi connectivity index (χ1n) is 12.8. The van der Waals surface area contributed by atoms with Crippen molar-refractivity contribution in [1.29, 1.82) is 0 Å². The number of alkyl carbamates (subject to hydrolysis) is 1. The Kier molecular flexibility index (Phi) is 9.74. The number of carbonyl (C=O) groups excluding carboxylic acids is 3. The summed E-state index contributed by atoms with van der Waals surface area (Å²) >= 11 is 3.29. The molecule has 1 aliphatic carbocycles. The molecule has 1 atom stereocenters. The van der Waals surface area contributed by atoms with E-state index >= 15 is 8.78 Å². The van der Waals surface area contributed by atoms with Crippen molar-refractivity contribution in [3.05, 3.63) is 51.3 Å². The molecule has 0 aliphatic heterocycles. The molecule has 1 aromatic heterocycles. The largest absolute Gasteiger partial charge is 0.461 e. The highest BCUT2D eigenvalue weighted by molar-refractivity contribution is 9.10. The first-order valence-corrected chi connectivity index (χ1v) is 13.6. The summed E-state index contributed by atoms with van der Waals surface area (Å²) in [6.45, 7) is 6.38. The van der Waals surface area contributed by atoms with E-state index in [1.807, 2.05) is 0 Å². The first kappa shape index (κ1) is 30.5. The summed E-state index contributed by atoms with van der Waals surface area (Å²) in [6.07, 6.45) is 1.22. The maximum absolute atomic E-state index is 15.3. The predicted molar refractivity (Wildman–Crippen MR) is 142 cm³/mol. The van der Waals surface area contributed by atoms with Gasteiger partial charge >= 0.3 is 18.0 Å². The van der Waals surface area contributed by atoms with E-state index in [-0.39, 0.29) is 36.1 Å². The highest BCUT2D eigenvalue weighted by Gasteiger charge is 2.42. The number of aromatic nitrogens is 2. The quantitative estimate of drug-likeness (QED) is 0.264. The molecule has 9 nitrogen and oxygen atoms in total. The van der Waals surface area contributed by atoms with Gasteiger partial charge in [-0.25, -0.2) is 28.1 Å². The molecular weight excluding hydrogens is 580 g/mol. The van der Waals surface area contributed by atoms with Crippen LogP contribution in [0.2, 0.25) is 0 Å². The van der Waals surface area contributed by atoms with E-state index in [1.54, 1.807) is 34.6 Å². The zero-order chi connectivity index (χ0) is 29.0. The third-order valence-corrected chi connectivity index (χ3v) is 6.49. The van der Waals surface area contributed by atoms with E-state index in [4.69, 9.17) is 14.2 Å². The number of carbonyl (C=O) groups is 3. The van der Waals surface area contributed by atoms with Gasteiger partial charge in [0, 0.05) is 16.5 Å². The van der Waals surface area contributed by atoms with Crippen molar-refractivity contribution in [2.24, 2.45) is 5.92 Å². The van der Waals surface area contributed by atoms with Gasteiger partial charge in [0.15, 0.2) is 11.4 Å². The molecule has 0 spiro atoms. The number of nitrogens with one attached hydrogen (secondary N) is 1. The van der Waals surface area contributed by atoms with Gasteiger partial charge in [0.1, 0.15) is 29.5 Å². The van der Waals surface area contributed by atoms with Crippen molar-refractivity contribution in [3.63, 3.8) is 0 Å². The van der Waals surface area contributed by atoms with Crippen LogP contribution in [0.4, 0.5) is 13.6 Å². The van der Waals surface area contributed by atoms with E-state index in [9.17, 15) is 14.4 Å². The van der Waals surface area contributed by atoms with Crippen molar-refractivity contribution < 1.29 is 37.4 Å². The van der Waals surface area contributed by atoms with Crippen LogP contribution in [0, 0.1) is 11.7 Å². The van der Waals surface area contributed by atoms with E-state index < -0.39 is 48.2 Å². The first-order chi connectivity index (χ1) is 18.3. The Bertz CT molecular complexity index is 1220. The van der Waals surface area contributed by atoms with Crippen LogP contribution in [-0.2, 0) is 32.7 Å².